The van der Waals surface area contributed by atoms with Crippen molar-refractivity contribution in [2.24, 2.45) is 5.10 Å². The number of ether oxygens (including phenoxy) is 3. The van der Waals surface area contributed by atoms with E-state index in [0.717, 1.165) is 33.4 Å². The SMILES string of the molecule is COc1ccc(C2=NN(C(=O)CSc3ccc4c(c3)OCCO4)C(c3ccco3)C2)cc1. The molecule has 0 fully saturated rings. The van der Waals surface area contributed by atoms with E-state index in [-0.39, 0.29) is 17.7 Å². The Balaban J connectivity index is 1.33. The minimum atomic E-state index is -0.268. The number of amides is 1. The summed E-state index contributed by atoms with van der Waals surface area (Å²) in [4.78, 5) is 14.1. The van der Waals surface area contributed by atoms with Crippen molar-refractivity contribution in [1.82, 2.24) is 5.01 Å². The second kappa shape index (κ2) is 9.00. The first-order valence-electron chi connectivity index (χ1n) is 10.3. The van der Waals surface area contributed by atoms with Crippen molar-refractivity contribution >= 4 is 23.4 Å². The number of hydrogen-bond acceptors (Lipinski definition) is 7. The normalized spacial score (nSPS) is 17.2. The van der Waals surface area contributed by atoms with Crippen LogP contribution in [0, 0.1) is 0 Å². The molecule has 7 nitrogen and oxygen atoms in total. The summed E-state index contributed by atoms with van der Waals surface area (Å²) < 4.78 is 22.1. The molecule has 0 spiro atoms. The van der Waals surface area contributed by atoms with Gasteiger partial charge < -0.3 is 18.6 Å². The number of nitrogens with zero attached hydrogens (tertiary/aromatic N) is 2. The van der Waals surface area contributed by atoms with Gasteiger partial charge in [-0.3, -0.25) is 4.79 Å². The molecule has 0 aliphatic carbocycles. The molecular weight excluding hydrogens is 428 g/mol. The lowest BCUT2D eigenvalue weighted by Gasteiger charge is -2.20. The number of carbonyl (C=O) groups is 1. The molecule has 3 heterocycles. The Morgan fingerprint density at radius 2 is 1.94 bits per heavy atom. The summed E-state index contributed by atoms with van der Waals surface area (Å²) in [5.41, 5.74) is 1.80. The van der Waals surface area contributed by atoms with E-state index >= 15 is 0 Å². The van der Waals surface area contributed by atoms with Crippen molar-refractivity contribution in [3.63, 3.8) is 0 Å². The van der Waals surface area contributed by atoms with Gasteiger partial charge in [-0.05, 0) is 60.2 Å². The number of methoxy groups -OCH3 is 1. The van der Waals surface area contributed by atoms with Crippen molar-refractivity contribution < 1.29 is 23.4 Å². The van der Waals surface area contributed by atoms with Crippen molar-refractivity contribution in [3.8, 4) is 17.2 Å². The van der Waals surface area contributed by atoms with Crippen LogP contribution < -0.4 is 14.2 Å². The molecule has 164 valence electrons. The van der Waals surface area contributed by atoms with Gasteiger partial charge in [0.2, 0.25) is 0 Å². The van der Waals surface area contributed by atoms with E-state index in [1.807, 2.05) is 54.6 Å². The predicted octanol–water partition coefficient (Wildman–Crippen LogP) is 4.53. The van der Waals surface area contributed by atoms with Crippen LogP contribution in [0.25, 0.3) is 0 Å². The van der Waals surface area contributed by atoms with Gasteiger partial charge in [0.1, 0.15) is 30.8 Å². The Hall–Kier alpha value is -3.39. The number of hydrogen-bond donors (Lipinski definition) is 0. The first kappa shape index (κ1) is 20.5. The third-order valence-corrected chi connectivity index (χ3v) is 6.32. The maximum atomic E-state index is 13.2. The van der Waals surface area contributed by atoms with E-state index in [0.29, 0.717) is 25.4 Å². The van der Waals surface area contributed by atoms with Crippen LogP contribution in [0.4, 0.5) is 0 Å². The summed E-state index contributed by atoms with van der Waals surface area (Å²) in [6.07, 6.45) is 2.20. The van der Waals surface area contributed by atoms with Crippen molar-refractivity contribution in [1.29, 1.82) is 0 Å². The summed E-state index contributed by atoms with van der Waals surface area (Å²) >= 11 is 1.45. The molecule has 1 unspecified atom stereocenters. The van der Waals surface area contributed by atoms with Crippen LogP contribution in [0.1, 0.15) is 23.8 Å². The molecular formula is C24H22N2O5S. The first-order valence-corrected chi connectivity index (χ1v) is 11.3. The molecule has 1 aromatic heterocycles. The van der Waals surface area contributed by atoms with Gasteiger partial charge >= 0.3 is 0 Å². The number of furan rings is 1. The van der Waals surface area contributed by atoms with Gasteiger partial charge in [-0.2, -0.15) is 5.10 Å². The van der Waals surface area contributed by atoms with E-state index in [2.05, 4.69) is 5.10 Å². The van der Waals surface area contributed by atoms with E-state index in [4.69, 9.17) is 18.6 Å². The Morgan fingerprint density at radius 3 is 2.69 bits per heavy atom. The van der Waals surface area contributed by atoms with Gasteiger partial charge in [-0.25, -0.2) is 5.01 Å². The third-order valence-electron chi connectivity index (χ3n) is 5.34. The highest BCUT2D eigenvalue weighted by Gasteiger charge is 2.34. The molecule has 3 aromatic rings. The second-order valence-corrected chi connectivity index (χ2v) is 8.39. The molecule has 0 bridgehead atoms. The lowest BCUT2D eigenvalue weighted by Crippen LogP contribution is -2.28. The fraction of sp³-hybridized carbons (Fsp3) is 0.250. The smallest absolute Gasteiger partial charge is 0.253 e. The summed E-state index contributed by atoms with van der Waals surface area (Å²) in [6.45, 7) is 1.08. The highest BCUT2D eigenvalue weighted by molar-refractivity contribution is 8.00. The average molecular weight is 451 g/mol. The Morgan fingerprint density at radius 1 is 1.12 bits per heavy atom. The standard InChI is InChI=1S/C24H22N2O5S/c1-28-17-6-4-16(5-7-17)19-14-20(21-3-2-10-29-21)26(25-19)24(27)15-32-18-8-9-22-23(13-18)31-12-11-30-22/h2-10,13,20H,11-12,14-15H2,1H3. The monoisotopic (exact) mass is 450 g/mol. The summed E-state index contributed by atoms with van der Waals surface area (Å²) in [7, 11) is 1.63. The molecule has 1 amide bonds. The maximum absolute atomic E-state index is 13.2. The molecule has 0 radical (unpaired) electrons. The van der Waals surface area contributed by atoms with Crippen molar-refractivity contribution in [2.45, 2.75) is 17.4 Å². The van der Waals surface area contributed by atoms with Crippen LogP contribution in [0.2, 0.25) is 0 Å². The molecule has 32 heavy (non-hydrogen) atoms. The Kier molecular flexibility index (Phi) is 5.77. The number of hydrazone groups is 1. The van der Waals surface area contributed by atoms with Crippen LogP contribution in [0.15, 0.2) is 75.3 Å². The highest BCUT2D eigenvalue weighted by Crippen LogP contribution is 2.36. The van der Waals surface area contributed by atoms with Gasteiger partial charge in [0.15, 0.2) is 11.5 Å². The lowest BCUT2D eigenvalue weighted by atomic mass is 10.0. The van der Waals surface area contributed by atoms with Crippen molar-refractivity contribution in [2.75, 3.05) is 26.1 Å². The zero-order valence-electron chi connectivity index (χ0n) is 17.5. The molecule has 8 heteroatoms. The molecule has 5 rings (SSSR count). The number of thioether (sulfide) groups is 1. The number of rotatable bonds is 6. The first-order chi connectivity index (χ1) is 15.7. The predicted molar refractivity (Wildman–Crippen MR) is 121 cm³/mol. The second-order valence-electron chi connectivity index (χ2n) is 7.34. The minimum absolute atomic E-state index is 0.0881. The Bertz CT molecular complexity index is 1130. The molecule has 0 saturated heterocycles. The van der Waals surface area contributed by atoms with Gasteiger partial charge in [0.25, 0.3) is 5.91 Å². The topological polar surface area (TPSA) is 73.5 Å². The number of benzene rings is 2. The summed E-state index contributed by atoms with van der Waals surface area (Å²) in [6, 6.07) is 16.8. The average Bonchev–Trinajstić information content (AvgIpc) is 3.53. The van der Waals surface area contributed by atoms with Gasteiger partial charge in [0, 0.05) is 11.3 Å². The van der Waals surface area contributed by atoms with Crippen LogP contribution >= 0.6 is 11.8 Å². The molecule has 0 N–H and O–H groups in total. The molecule has 0 saturated carbocycles. The fourth-order valence-electron chi connectivity index (χ4n) is 3.73. The number of fused-ring (bicyclic) bond motifs is 1. The van der Waals surface area contributed by atoms with E-state index < -0.39 is 0 Å². The zero-order valence-corrected chi connectivity index (χ0v) is 18.3. The largest absolute Gasteiger partial charge is 0.497 e. The molecule has 2 aliphatic heterocycles. The summed E-state index contributed by atoms with van der Waals surface area (Å²) in [5.74, 6) is 3.10. The van der Waals surface area contributed by atoms with E-state index in [1.54, 1.807) is 18.4 Å². The summed E-state index contributed by atoms with van der Waals surface area (Å²) in [5, 5.41) is 6.22. The minimum Gasteiger partial charge on any atom is -0.497 e. The van der Waals surface area contributed by atoms with E-state index in [9.17, 15) is 4.79 Å². The van der Waals surface area contributed by atoms with Gasteiger partial charge in [0.05, 0.1) is 24.8 Å². The third kappa shape index (κ3) is 4.18. The van der Waals surface area contributed by atoms with Crippen LogP contribution in [-0.4, -0.2) is 42.7 Å². The Labute approximate surface area is 189 Å². The highest BCUT2D eigenvalue weighted by atomic mass is 32.2. The van der Waals surface area contributed by atoms with Crippen LogP contribution in [-0.2, 0) is 4.79 Å². The molecule has 2 aliphatic rings. The molecule has 2 aromatic carbocycles. The van der Waals surface area contributed by atoms with Gasteiger partial charge in [-0.15, -0.1) is 11.8 Å². The van der Waals surface area contributed by atoms with Crippen LogP contribution in [0.5, 0.6) is 17.2 Å². The maximum Gasteiger partial charge on any atom is 0.253 e. The number of carbonyl (C=O) groups excluding carboxylic acids is 1. The zero-order chi connectivity index (χ0) is 21.9. The fourth-order valence-corrected chi connectivity index (χ4v) is 4.50. The van der Waals surface area contributed by atoms with Crippen LogP contribution in [0.3, 0.4) is 0 Å². The van der Waals surface area contributed by atoms with E-state index in [1.165, 1.54) is 11.8 Å². The lowest BCUT2D eigenvalue weighted by molar-refractivity contribution is -0.130. The molecule has 1 atom stereocenters. The quantitative estimate of drug-likeness (QED) is 0.514. The van der Waals surface area contributed by atoms with Crippen molar-refractivity contribution in [3.05, 3.63) is 72.2 Å². The van der Waals surface area contributed by atoms with Gasteiger partial charge in [-0.1, -0.05) is 0 Å².